The monoisotopic (exact) mass is 284 g/mol. The van der Waals surface area contributed by atoms with Gasteiger partial charge in [-0.25, -0.2) is 0 Å². The van der Waals surface area contributed by atoms with Crippen LogP contribution >= 0.6 is 0 Å². The molecule has 2 unspecified atom stereocenters. The van der Waals surface area contributed by atoms with Gasteiger partial charge in [-0.15, -0.1) is 0 Å². The van der Waals surface area contributed by atoms with E-state index in [1.54, 1.807) is 20.8 Å². The highest BCUT2D eigenvalue weighted by atomic mass is 16.4. The second-order valence-electron chi connectivity index (χ2n) is 6.03. The standard InChI is InChI=1S/C13H20N2O5/c1-13(2,3)9(12(19)20)10(17)14-7-5-6-8(16)15(4)11(7)18/h7,9H,5-6H2,1-4H3,(H,14,17)(H,19,20). The molecule has 0 radical (unpaired) electrons. The lowest BCUT2D eigenvalue weighted by molar-refractivity contribution is -0.155. The molecule has 0 saturated carbocycles. The predicted octanol–water partition coefficient (Wildman–Crippen LogP) is -0.00310. The van der Waals surface area contributed by atoms with Gasteiger partial charge < -0.3 is 10.4 Å². The first-order chi connectivity index (χ1) is 9.05. The number of hydrogen-bond donors (Lipinski definition) is 2. The Labute approximate surface area is 117 Å². The summed E-state index contributed by atoms with van der Waals surface area (Å²) in [6, 6.07) is -0.839. The summed E-state index contributed by atoms with van der Waals surface area (Å²) in [6.45, 7) is 4.93. The lowest BCUT2D eigenvalue weighted by atomic mass is 9.80. The van der Waals surface area contributed by atoms with E-state index in [9.17, 15) is 19.2 Å². The van der Waals surface area contributed by atoms with E-state index in [0.29, 0.717) is 0 Å². The normalized spacial score (nSPS) is 21.6. The minimum atomic E-state index is -1.25. The second kappa shape index (κ2) is 5.60. The highest BCUT2D eigenvalue weighted by Crippen LogP contribution is 2.26. The van der Waals surface area contributed by atoms with Crippen LogP contribution in [0.1, 0.15) is 33.6 Å². The molecule has 20 heavy (non-hydrogen) atoms. The SMILES string of the molecule is CN1C(=O)CCC(NC(=O)C(C(=O)O)C(C)(C)C)C1=O. The Morgan fingerprint density at radius 1 is 1.35 bits per heavy atom. The van der Waals surface area contributed by atoms with Crippen molar-refractivity contribution in [3.05, 3.63) is 0 Å². The number of carbonyl (C=O) groups excluding carboxylic acids is 3. The number of amides is 3. The lowest BCUT2D eigenvalue weighted by Gasteiger charge is -2.31. The van der Waals surface area contributed by atoms with Crippen LogP contribution in [-0.2, 0) is 19.2 Å². The van der Waals surface area contributed by atoms with Crippen LogP contribution in [0, 0.1) is 11.3 Å². The number of nitrogens with zero attached hydrogens (tertiary/aromatic N) is 1. The van der Waals surface area contributed by atoms with Crippen LogP contribution in [0.25, 0.3) is 0 Å². The molecule has 7 nitrogen and oxygen atoms in total. The van der Waals surface area contributed by atoms with Crippen molar-refractivity contribution >= 4 is 23.7 Å². The minimum absolute atomic E-state index is 0.153. The summed E-state index contributed by atoms with van der Waals surface area (Å²) in [5, 5.41) is 11.6. The molecular weight excluding hydrogens is 264 g/mol. The average molecular weight is 284 g/mol. The summed E-state index contributed by atoms with van der Waals surface area (Å²) in [7, 11) is 1.35. The minimum Gasteiger partial charge on any atom is -0.481 e. The molecule has 0 aromatic carbocycles. The van der Waals surface area contributed by atoms with Crippen molar-refractivity contribution in [2.75, 3.05) is 7.05 Å². The predicted molar refractivity (Wildman–Crippen MR) is 69.5 cm³/mol. The molecular formula is C13H20N2O5. The van der Waals surface area contributed by atoms with E-state index in [1.165, 1.54) is 7.05 Å². The Kier molecular flexibility index (Phi) is 4.52. The number of carbonyl (C=O) groups is 4. The highest BCUT2D eigenvalue weighted by molar-refractivity contribution is 6.04. The van der Waals surface area contributed by atoms with Gasteiger partial charge in [0.15, 0.2) is 0 Å². The fraction of sp³-hybridized carbons (Fsp3) is 0.692. The molecule has 1 heterocycles. The van der Waals surface area contributed by atoms with Crippen LogP contribution in [0.2, 0.25) is 0 Å². The molecule has 1 saturated heterocycles. The number of imide groups is 1. The number of rotatable bonds is 3. The van der Waals surface area contributed by atoms with Gasteiger partial charge in [0.05, 0.1) is 0 Å². The lowest BCUT2D eigenvalue weighted by Crippen LogP contribution is -2.55. The summed E-state index contributed by atoms with van der Waals surface area (Å²) in [5.74, 6) is -3.99. The smallest absolute Gasteiger partial charge is 0.316 e. The largest absolute Gasteiger partial charge is 0.481 e. The van der Waals surface area contributed by atoms with Crippen LogP contribution in [0.4, 0.5) is 0 Å². The molecule has 1 aliphatic rings. The maximum atomic E-state index is 12.1. The van der Waals surface area contributed by atoms with Crippen molar-refractivity contribution in [1.82, 2.24) is 10.2 Å². The number of aliphatic carboxylic acids is 1. The first-order valence-electron chi connectivity index (χ1n) is 6.39. The number of likely N-dealkylation sites (N-methyl/N-ethyl adjacent to an activating group) is 1. The third-order valence-corrected chi connectivity index (χ3v) is 3.34. The van der Waals surface area contributed by atoms with Crippen molar-refractivity contribution in [2.45, 2.75) is 39.7 Å². The maximum absolute atomic E-state index is 12.1. The molecule has 1 rings (SSSR count). The van der Waals surface area contributed by atoms with E-state index in [-0.39, 0.29) is 18.7 Å². The van der Waals surface area contributed by atoms with Gasteiger partial charge in [0.2, 0.25) is 11.8 Å². The Balaban J connectivity index is 2.82. The molecule has 1 fully saturated rings. The molecule has 2 N–H and O–H groups in total. The number of carboxylic acid groups (broad SMARTS) is 1. The summed E-state index contributed by atoms with van der Waals surface area (Å²) in [4.78, 5) is 47.5. The van der Waals surface area contributed by atoms with Crippen LogP contribution < -0.4 is 5.32 Å². The van der Waals surface area contributed by atoms with Gasteiger partial charge in [0.1, 0.15) is 12.0 Å². The van der Waals surface area contributed by atoms with Crippen LogP contribution in [0.3, 0.4) is 0 Å². The maximum Gasteiger partial charge on any atom is 0.316 e. The molecule has 3 amide bonds. The topological polar surface area (TPSA) is 104 Å². The molecule has 7 heteroatoms. The van der Waals surface area contributed by atoms with E-state index in [1.807, 2.05) is 0 Å². The molecule has 0 spiro atoms. The van der Waals surface area contributed by atoms with E-state index in [0.717, 1.165) is 4.90 Å². The highest BCUT2D eigenvalue weighted by Gasteiger charge is 2.40. The molecule has 0 bridgehead atoms. The first-order valence-corrected chi connectivity index (χ1v) is 6.39. The van der Waals surface area contributed by atoms with Gasteiger partial charge >= 0.3 is 5.97 Å². The number of nitrogens with one attached hydrogen (secondary N) is 1. The fourth-order valence-corrected chi connectivity index (χ4v) is 2.18. The summed E-state index contributed by atoms with van der Waals surface area (Å²) < 4.78 is 0. The number of piperidine rings is 1. The molecule has 1 aliphatic heterocycles. The van der Waals surface area contributed by atoms with Gasteiger partial charge in [-0.1, -0.05) is 20.8 Å². The van der Waals surface area contributed by atoms with E-state index in [2.05, 4.69) is 5.32 Å². The molecule has 0 aromatic heterocycles. The van der Waals surface area contributed by atoms with Gasteiger partial charge in [-0.2, -0.15) is 0 Å². The second-order valence-corrected chi connectivity index (χ2v) is 6.03. The molecule has 112 valence electrons. The Hall–Kier alpha value is -1.92. The van der Waals surface area contributed by atoms with Crippen molar-refractivity contribution in [1.29, 1.82) is 0 Å². The summed E-state index contributed by atoms with van der Waals surface area (Å²) >= 11 is 0. The summed E-state index contributed by atoms with van der Waals surface area (Å²) in [6.07, 6.45) is 0.352. The number of likely N-dealkylation sites (tertiary alicyclic amines) is 1. The third-order valence-electron chi connectivity index (χ3n) is 3.34. The van der Waals surface area contributed by atoms with Gasteiger partial charge in [0, 0.05) is 13.5 Å². The van der Waals surface area contributed by atoms with Crippen LogP contribution in [0.5, 0.6) is 0 Å². The van der Waals surface area contributed by atoms with Gasteiger partial charge in [-0.05, 0) is 11.8 Å². The Bertz CT molecular complexity index is 452. The number of hydrogen-bond acceptors (Lipinski definition) is 4. The molecule has 2 atom stereocenters. The third kappa shape index (κ3) is 3.34. The molecule has 0 aromatic rings. The quantitative estimate of drug-likeness (QED) is 0.560. The number of carboxylic acids is 1. The van der Waals surface area contributed by atoms with Crippen molar-refractivity contribution in [3.8, 4) is 0 Å². The van der Waals surface area contributed by atoms with Crippen molar-refractivity contribution in [2.24, 2.45) is 11.3 Å². The van der Waals surface area contributed by atoms with E-state index in [4.69, 9.17) is 5.11 Å². The Morgan fingerprint density at radius 3 is 2.35 bits per heavy atom. The van der Waals surface area contributed by atoms with Crippen LogP contribution in [-0.4, -0.2) is 46.8 Å². The van der Waals surface area contributed by atoms with Crippen molar-refractivity contribution < 1.29 is 24.3 Å². The fourth-order valence-electron chi connectivity index (χ4n) is 2.18. The first kappa shape index (κ1) is 16.1. The van der Waals surface area contributed by atoms with E-state index < -0.39 is 35.2 Å². The zero-order chi connectivity index (χ0) is 15.7. The van der Waals surface area contributed by atoms with Crippen LogP contribution in [0.15, 0.2) is 0 Å². The van der Waals surface area contributed by atoms with Gasteiger partial charge in [0.25, 0.3) is 5.91 Å². The average Bonchev–Trinajstić information content (AvgIpc) is 2.27. The van der Waals surface area contributed by atoms with Gasteiger partial charge in [-0.3, -0.25) is 24.1 Å². The van der Waals surface area contributed by atoms with E-state index >= 15 is 0 Å². The molecule has 0 aliphatic carbocycles. The zero-order valence-corrected chi connectivity index (χ0v) is 12.1. The zero-order valence-electron chi connectivity index (χ0n) is 12.1. The summed E-state index contributed by atoms with van der Waals surface area (Å²) in [5.41, 5.74) is -0.768. The van der Waals surface area contributed by atoms with Crippen molar-refractivity contribution in [3.63, 3.8) is 0 Å². The Morgan fingerprint density at radius 2 is 1.90 bits per heavy atom.